The lowest BCUT2D eigenvalue weighted by atomic mass is 10.2. The molecule has 0 saturated carbocycles. The lowest BCUT2D eigenvalue weighted by Gasteiger charge is -2.09. The van der Waals surface area contributed by atoms with E-state index >= 15 is 0 Å². The first-order valence-corrected chi connectivity index (χ1v) is 8.19. The Hall–Kier alpha value is -3.46. The van der Waals surface area contributed by atoms with Crippen molar-refractivity contribution in [1.82, 2.24) is 14.8 Å². The fourth-order valence-corrected chi connectivity index (χ4v) is 2.46. The minimum Gasteiger partial charge on any atom is -0.494 e. The maximum atomic E-state index is 12.3. The van der Waals surface area contributed by atoms with Crippen LogP contribution in [0, 0.1) is 0 Å². The topological polar surface area (TPSA) is 122 Å². The van der Waals surface area contributed by atoms with Gasteiger partial charge in [-0.1, -0.05) is 23.7 Å². The standard InChI is InChI=1S/C17H14ClN5O4/c1-2-27-17(26)12(9-19-21-14-8-7-13(18)20-22-14)23-15(24)10-5-3-4-6-11(10)16(23)25/h3-9,24-25H,2H2,1H3. The van der Waals surface area contributed by atoms with Crippen molar-refractivity contribution in [2.75, 3.05) is 6.61 Å². The van der Waals surface area contributed by atoms with Gasteiger partial charge in [0.2, 0.25) is 11.8 Å². The fourth-order valence-electron chi connectivity index (χ4n) is 2.35. The Balaban J connectivity index is 2.07. The number of carbonyl (C=O) groups is 1. The molecule has 9 nitrogen and oxygen atoms in total. The van der Waals surface area contributed by atoms with Crippen molar-refractivity contribution >= 4 is 39.9 Å². The second kappa shape index (κ2) is 7.83. The number of benzene rings is 1. The Labute approximate surface area is 158 Å². The van der Waals surface area contributed by atoms with Gasteiger partial charge in [0.1, 0.15) is 0 Å². The van der Waals surface area contributed by atoms with Gasteiger partial charge in [-0.05, 0) is 31.2 Å². The van der Waals surface area contributed by atoms with Crippen LogP contribution >= 0.6 is 11.6 Å². The summed E-state index contributed by atoms with van der Waals surface area (Å²) in [5.74, 6) is -1.30. The zero-order chi connectivity index (χ0) is 19.4. The molecule has 2 heterocycles. The third-order valence-electron chi connectivity index (χ3n) is 3.52. The molecular weight excluding hydrogens is 374 g/mol. The molecule has 27 heavy (non-hydrogen) atoms. The van der Waals surface area contributed by atoms with Gasteiger partial charge in [-0.25, -0.2) is 9.36 Å². The molecule has 0 saturated heterocycles. The number of nitrogens with zero attached hydrogens (tertiary/aromatic N) is 5. The quantitative estimate of drug-likeness (QED) is 0.391. The van der Waals surface area contributed by atoms with E-state index in [1.807, 2.05) is 0 Å². The average molecular weight is 388 g/mol. The Bertz CT molecular complexity index is 1000. The summed E-state index contributed by atoms with van der Waals surface area (Å²) in [7, 11) is 0. The van der Waals surface area contributed by atoms with Gasteiger partial charge >= 0.3 is 5.97 Å². The van der Waals surface area contributed by atoms with Crippen LogP contribution in [-0.2, 0) is 9.53 Å². The van der Waals surface area contributed by atoms with E-state index in [2.05, 4.69) is 20.4 Å². The van der Waals surface area contributed by atoms with E-state index in [0.29, 0.717) is 10.8 Å². The maximum Gasteiger partial charge on any atom is 0.357 e. The van der Waals surface area contributed by atoms with E-state index in [0.717, 1.165) is 10.8 Å². The van der Waals surface area contributed by atoms with Crippen molar-refractivity contribution in [3.8, 4) is 11.8 Å². The normalized spacial score (nSPS) is 12.0. The van der Waals surface area contributed by atoms with E-state index in [1.165, 1.54) is 12.1 Å². The van der Waals surface area contributed by atoms with Crippen LogP contribution in [0.5, 0.6) is 11.8 Å². The number of fused-ring (bicyclic) bond motifs is 1. The van der Waals surface area contributed by atoms with Crippen molar-refractivity contribution in [2.45, 2.75) is 6.92 Å². The summed E-state index contributed by atoms with van der Waals surface area (Å²) in [6.07, 6.45) is 1.05. The molecule has 0 amide bonds. The van der Waals surface area contributed by atoms with Crippen LogP contribution in [-0.4, -0.2) is 37.6 Å². The highest BCUT2D eigenvalue weighted by Crippen LogP contribution is 2.38. The Morgan fingerprint density at radius 1 is 1.19 bits per heavy atom. The number of hydrogen-bond donors (Lipinski definition) is 2. The Kier molecular flexibility index (Phi) is 5.32. The molecule has 0 fully saturated rings. The number of azo groups is 1. The van der Waals surface area contributed by atoms with E-state index in [4.69, 9.17) is 16.3 Å². The molecule has 138 valence electrons. The van der Waals surface area contributed by atoms with Crippen molar-refractivity contribution in [1.29, 1.82) is 0 Å². The summed E-state index contributed by atoms with van der Waals surface area (Å²) in [6, 6.07) is 9.56. The monoisotopic (exact) mass is 387 g/mol. The fraction of sp³-hybridized carbons (Fsp3) is 0.118. The number of halogens is 1. The third-order valence-corrected chi connectivity index (χ3v) is 3.72. The molecule has 0 bridgehead atoms. The van der Waals surface area contributed by atoms with Gasteiger partial charge in [-0.15, -0.1) is 15.3 Å². The number of carbonyl (C=O) groups excluding carboxylic acids is 1. The Morgan fingerprint density at radius 2 is 1.85 bits per heavy atom. The van der Waals surface area contributed by atoms with Crippen LogP contribution in [0.2, 0.25) is 5.15 Å². The first-order chi connectivity index (χ1) is 13.0. The van der Waals surface area contributed by atoms with E-state index in [1.54, 1.807) is 31.2 Å². The number of rotatable bonds is 5. The van der Waals surface area contributed by atoms with Crippen LogP contribution in [0.1, 0.15) is 6.92 Å². The molecule has 0 spiro atoms. The van der Waals surface area contributed by atoms with Crippen molar-refractivity contribution in [2.24, 2.45) is 10.2 Å². The molecule has 0 radical (unpaired) electrons. The first kappa shape index (κ1) is 18.3. The second-order valence-electron chi connectivity index (χ2n) is 5.19. The van der Waals surface area contributed by atoms with Crippen LogP contribution < -0.4 is 0 Å². The SMILES string of the molecule is CCOC(=O)C(=CN=Nc1ccc(Cl)nn1)n1c(O)c2ccccc2c1O. The summed E-state index contributed by atoms with van der Waals surface area (Å²) in [5.41, 5.74) is -0.228. The summed E-state index contributed by atoms with van der Waals surface area (Å²) >= 11 is 5.65. The van der Waals surface area contributed by atoms with Gasteiger partial charge in [0.15, 0.2) is 16.7 Å². The van der Waals surface area contributed by atoms with Gasteiger partial charge in [-0.3, -0.25) is 0 Å². The first-order valence-electron chi connectivity index (χ1n) is 7.82. The molecule has 2 N–H and O–H groups in total. The predicted molar refractivity (Wildman–Crippen MR) is 97.7 cm³/mol. The highest BCUT2D eigenvalue weighted by molar-refractivity contribution is 6.29. The number of hydrogen-bond acceptors (Lipinski definition) is 8. The zero-order valence-corrected chi connectivity index (χ0v) is 14.8. The van der Waals surface area contributed by atoms with Gasteiger partial charge < -0.3 is 14.9 Å². The number of aromatic hydroxyl groups is 2. The zero-order valence-electron chi connectivity index (χ0n) is 14.1. The minimum absolute atomic E-state index is 0.0955. The molecule has 0 aliphatic carbocycles. The molecule has 0 atom stereocenters. The minimum atomic E-state index is -0.801. The average Bonchev–Trinajstić information content (AvgIpc) is 2.92. The summed E-state index contributed by atoms with van der Waals surface area (Å²) in [4.78, 5) is 12.3. The van der Waals surface area contributed by atoms with Crippen LogP contribution in [0.4, 0.5) is 5.82 Å². The van der Waals surface area contributed by atoms with Crippen molar-refractivity contribution in [3.63, 3.8) is 0 Å². The lowest BCUT2D eigenvalue weighted by molar-refractivity contribution is -0.136. The summed E-state index contributed by atoms with van der Waals surface area (Å²) in [5, 5.41) is 36.7. The second-order valence-corrected chi connectivity index (χ2v) is 5.58. The third kappa shape index (κ3) is 3.72. The van der Waals surface area contributed by atoms with E-state index in [-0.39, 0.29) is 35.0 Å². The molecule has 0 aliphatic heterocycles. The highest BCUT2D eigenvalue weighted by Gasteiger charge is 2.23. The Morgan fingerprint density at radius 3 is 2.41 bits per heavy atom. The molecule has 0 unspecified atom stereocenters. The number of aromatic nitrogens is 3. The van der Waals surface area contributed by atoms with Gasteiger partial charge in [0.05, 0.1) is 12.8 Å². The molecule has 3 rings (SSSR count). The predicted octanol–water partition coefficient (Wildman–Crippen LogP) is 3.64. The van der Waals surface area contributed by atoms with Gasteiger partial charge in [0.25, 0.3) is 0 Å². The maximum absolute atomic E-state index is 12.3. The molecule has 10 heteroatoms. The smallest absolute Gasteiger partial charge is 0.357 e. The molecule has 2 aromatic heterocycles. The van der Waals surface area contributed by atoms with Gasteiger partial charge in [0, 0.05) is 10.8 Å². The lowest BCUT2D eigenvalue weighted by Crippen LogP contribution is -2.11. The van der Waals surface area contributed by atoms with Crippen LogP contribution in [0.3, 0.4) is 0 Å². The van der Waals surface area contributed by atoms with Gasteiger partial charge in [-0.2, -0.15) is 5.11 Å². The summed E-state index contributed by atoms with van der Waals surface area (Å²) in [6.45, 7) is 1.73. The van der Waals surface area contributed by atoms with Crippen LogP contribution in [0.25, 0.3) is 16.5 Å². The van der Waals surface area contributed by atoms with Crippen molar-refractivity contribution in [3.05, 3.63) is 47.8 Å². The highest BCUT2D eigenvalue weighted by atomic mass is 35.5. The molecule has 0 aliphatic rings. The molecule has 3 aromatic rings. The number of ether oxygens (including phenoxy) is 1. The largest absolute Gasteiger partial charge is 0.494 e. The molecular formula is C17H14ClN5O4. The molecule has 1 aromatic carbocycles. The number of esters is 1. The summed E-state index contributed by atoms with van der Waals surface area (Å²) < 4.78 is 5.93. The van der Waals surface area contributed by atoms with E-state index in [9.17, 15) is 15.0 Å². The van der Waals surface area contributed by atoms with Crippen molar-refractivity contribution < 1.29 is 19.7 Å². The van der Waals surface area contributed by atoms with Crippen LogP contribution in [0.15, 0.2) is 52.8 Å². The van der Waals surface area contributed by atoms with E-state index < -0.39 is 5.97 Å².